The minimum atomic E-state index is -3.64. The molecule has 3 heterocycles. The molecule has 1 amide bonds. The van der Waals surface area contributed by atoms with Crippen molar-refractivity contribution in [2.24, 2.45) is 0 Å². The molecular weight excluding hydrogens is 380 g/mol. The van der Waals surface area contributed by atoms with Gasteiger partial charge >= 0.3 is 0 Å². The highest BCUT2D eigenvalue weighted by molar-refractivity contribution is 7.89. The first-order chi connectivity index (χ1) is 13.4. The number of rotatable bonds is 5. The lowest BCUT2D eigenvalue weighted by Gasteiger charge is -2.14. The van der Waals surface area contributed by atoms with Crippen LogP contribution in [-0.2, 0) is 10.0 Å². The zero-order valence-corrected chi connectivity index (χ0v) is 16.5. The summed E-state index contributed by atoms with van der Waals surface area (Å²) in [6.45, 7) is 4.35. The van der Waals surface area contributed by atoms with Crippen LogP contribution in [0.15, 0.2) is 39.6 Å². The molecule has 0 aliphatic carbocycles. The van der Waals surface area contributed by atoms with Gasteiger partial charge in [-0.2, -0.15) is 4.31 Å². The molecule has 9 heteroatoms. The highest BCUT2D eigenvalue weighted by Gasteiger charge is 2.32. The number of carbonyl (C=O) groups is 1. The predicted molar refractivity (Wildman–Crippen MR) is 103 cm³/mol. The van der Waals surface area contributed by atoms with Crippen molar-refractivity contribution in [3.63, 3.8) is 0 Å². The molecular formula is C19H22N4O4S. The summed E-state index contributed by atoms with van der Waals surface area (Å²) in [5.74, 6) is 0.313. The summed E-state index contributed by atoms with van der Waals surface area (Å²) in [7, 11) is -3.64. The van der Waals surface area contributed by atoms with Crippen LogP contribution in [0.3, 0.4) is 0 Å². The van der Waals surface area contributed by atoms with Crippen LogP contribution in [0.2, 0.25) is 0 Å². The molecule has 1 fully saturated rings. The van der Waals surface area contributed by atoms with E-state index in [1.54, 1.807) is 13.8 Å². The molecule has 3 aromatic rings. The lowest BCUT2D eigenvalue weighted by Crippen LogP contribution is -2.28. The van der Waals surface area contributed by atoms with Gasteiger partial charge in [0.15, 0.2) is 5.76 Å². The van der Waals surface area contributed by atoms with E-state index in [1.165, 1.54) is 10.4 Å². The Morgan fingerprint density at radius 2 is 2.00 bits per heavy atom. The summed E-state index contributed by atoms with van der Waals surface area (Å²) in [4.78, 5) is 20.3. The van der Waals surface area contributed by atoms with E-state index in [2.05, 4.69) is 15.3 Å². The Morgan fingerprint density at radius 3 is 2.71 bits per heavy atom. The molecule has 0 saturated carbocycles. The van der Waals surface area contributed by atoms with Gasteiger partial charge in [-0.3, -0.25) is 4.79 Å². The predicted octanol–water partition coefficient (Wildman–Crippen LogP) is 2.74. The van der Waals surface area contributed by atoms with Crippen LogP contribution in [0.4, 0.5) is 0 Å². The molecule has 1 aliphatic heterocycles. The summed E-state index contributed by atoms with van der Waals surface area (Å²) in [5.41, 5.74) is 1.69. The quantitative estimate of drug-likeness (QED) is 0.682. The third-order valence-corrected chi connectivity index (χ3v) is 6.95. The van der Waals surface area contributed by atoms with Crippen LogP contribution in [-0.4, -0.2) is 41.7 Å². The smallest absolute Gasteiger partial charge is 0.287 e. The first-order valence-corrected chi connectivity index (χ1v) is 10.7. The molecule has 1 saturated heterocycles. The van der Waals surface area contributed by atoms with Gasteiger partial charge in [0.1, 0.15) is 16.5 Å². The summed E-state index contributed by atoms with van der Waals surface area (Å²) in [6, 6.07) is 8.50. The summed E-state index contributed by atoms with van der Waals surface area (Å²) >= 11 is 0. The van der Waals surface area contributed by atoms with Gasteiger partial charge < -0.3 is 14.7 Å². The Kier molecular flexibility index (Phi) is 4.72. The second kappa shape index (κ2) is 7.06. The van der Waals surface area contributed by atoms with Gasteiger partial charge in [-0.25, -0.2) is 13.4 Å². The number of benzene rings is 1. The van der Waals surface area contributed by atoms with E-state index in [1.807, 2.05) is 24.3 Å². The lowest BCUT2D eigenvalue weighted by molar-refractivity contribution is 0.0909. The average Bonchev–Trinajstić information content (AvgIpc) is 3.40. The Hall–Kier alpha value is -2.65. The van der Waals surface area contributed by atoms with E-state index in [9.17, 15) is 13.2 Å². The number of aromatic nitrogens is 2. The van der Waals surface area contributed by atoms with Crippen molar-refractivity contribution in [1.29, 1.82) is 0 Å². The van der Waals surface area contributed by atoms with Crippen molar-refractivity contribution in [3.05, 3.63) is 47.7 Å². The molecule has 0 spiro atoms. The summed E-state index contributed by atoms with van der Waals surface area (Å²) in [6.07, 6.45) is 1.69. The van der Waals surface area contributed by atoms with Gasteiger partial charge in [0.05, 0.1) is 17.1 Å². The molecule has 1 aliphatic rings. The second-order valence-electron chi connectivity index (χ2n) is 6.98. The number of hydrogen-bond donors (Lipinski definition) is 2. The number of aromatic amines is 1. The molecule has 1 unspecified atom stereocenters. The van der Waals surface area contributed by atoms with Crippen molar-refractivity contribution in [3.8, 4) is 0 Å². The maximum absolute atomic E-state index is 12.8. The number of hydrogen-bond acceptors (Lipinski definition) is 5. The third-order valence-electron chi connectivity index (χ3n) is 4.94. The van der Waals surface area contributed by atoms with Crippen LogP contribution in [0.1, 0.15) is 47.9 Å². The number of nitrogens with zero attached hydrogens (tertiary/aromatic N) is 2. The molecule has 4 rings (SSSR count). The third kappa shape index (κ3) is 3.31. The van der Waals surface area contributed by atoms with E-state index in [-0.39, 0.29) is 16.4 Å². The maximum Gasteiger partial charge on any atom is 0.287 e. The monoisotopic (exact) mass is 402 g/mol. The lowest BCUT2D eigenvalue weighted by atomic mass is 10.3. The number of carbonyl (C=O) groups excluding carboxylic acids is 1. The number of H-pyrrole nitrogens is 1. The molecule has 0 bridgehead atoms. The Morgan fingerprint density at radius 1 is 1.29 bits per heavy atom. The van der Waals surface area contributed by atoms with Crippen LogP contribution < -0.4 is 5.32 Å². The van der Waals surface area contributed by atoms with Gasteiger partial charge in [-0.05, 0) is 38.8 Å². The molecule has 1 atom stereocenters. The van der Waals surface area contributed by atoms with Crippen molar-refractivity contribution < 1.29 is 17.6 Å². The second-order valence-corrected chi connectivity index (χ2v) is 8.88. The maximum atomic E-state index is 12.8. The summed E-state index contributed by atoms with van der Waals surface area (Å²) < 4.78 is 32.4. The number of aryl methyl sites for hydroxylation is 1. The van der Waals surface area contributed by atoms with Gasteiger partial charge in [-0.15, -0.1) is 0 Å². The van der Waals surface area contributed by atoms with Gasteiger partial charge in [0.2, 0.25) is 10.0 Å². The van der Waals surface area contributed by atoms with Crippen LogP contribution in [0.5, 0.6) is 0 Å². The minimum Gasteiger partial charge on any atom is -0.455 e. The van der Waals surface area contributed by atoms with E-state index >= 15 is 0 Å². The van der Waals surface area contributed by atoms with Crippen LogP contribution >= 0.6 is 0 Å². The van der Waals surface area contributed by atoms with E-state index in [0.717, 1.165) is 23.9 Å². The molecule has 28 heavy (non-hydrogen) atoms. The number of nitrogens with one attached hydrogen (secondary N) is 2. The zero-order valence-electron chi connectivity index (χ0n) is 15.7. The van der Waals surface area contributed by atoms with Crippen LogP contribution in [0.25, 0.3) is 11.0 Å². The fourth-order valence-electron chi connectivity index (χ4n) is 3.41. The fourth-order valence-corrected chi connectivity index (χ4v) is 5.09. The molecule has 0 radical (unpaired) electrons. The molecule has 148 valence electrons. The molecule has 2 aromatic heterocycles. The number of furan rings is 1. The minimum absolute atomic E-state index is 0.0294. The molecule has 2 N–H and O–H groups in total. The van der Waals surface area contributed by atoms with E-state index < -0.39 is 22.0 Å². The van der Waals surface area contributed by atoms with Crippen molar-refractivity contribution in [1.82, 2.24) is 19.6 Å². The first kappa shape index (κ1) is 18.7. The van der Waals surface area contributed by atoms with Gasteiger partial charge in [0.25, 0.3) is 5.91 Å². The fraction of sp³-hybridized carbons (Fsp3) is 0.368. The highest BCUT2D eigenvalue weighted by atomic mass is 32.2. The molecule has 1 aromatic carbocycles. The van der Waals surface area contributed by atoms with Crippen LogP contribution in [0, 0.1) is 6.92 Å². The number of para-hydroxylation sites is 2. The topological polar surface area (TPSA) is 108 Å². The average molecular weight is 402 g/mol. The number of sulfonamides is 1. The number of fused-ring (bicyclic) bond motifs is 1. The van der Waals surface area contributed by atoms with Crippen molar-refractivity contribution in [2.45, 2.75) is 37.6 Å². The van der Waals surface area contributed by atoms with Gasteiger partial charge in [0, 0.05) is 19.2 Å². The van der Waals surface area contributed by atoms with Crippen molar-refractivity contribution >= 4 is 27.0 Å². The Labute approximate surface area is 163 Å². The Bertz CT molecular complexity index is 1090. The van der Waals surface area contributed by atoms with E-state index in [0.29, 0.717) is 18.9 Å². The number of amides is 1. The largest absolute Gasteiger partial charge is 0.455 e. The SMILES string of the molecule is Cc1oc(C(=O)NC(C)c2nc3ccccc3[nH]2)cc1S(=O)(=O)N1CCCC1. The Balaban J connectivity index is 1.53. The normalized spacial score (nSPS) is 16.5. The summed E-state index contributed by atoms with van der Waals surface area (Å²) in [5, 5.41) is 2.80. The number of imidazole rings is 1. The standard InChI is InChI=1S/C19H22N4O4S/c1-12(18-21-14-7-3-4-8-15(14)22-18)20-19(24)16-11-17(13(2)27-16)28(25,26)23-9-5-6-10-23/h3-4,7-8,11-12H,5-6,9-10H2,1-2H3,(H,20,24)(H,21,22). The van der Waals surface area contributed by atoms with Crippen molar-refractivity contribution in [2.75, 3.05) is 13.1 Å². The zero-order chi connectivity index (χ0) is 19.9. The van der Waals surface area contributed by atoms with E-state index in [4.69, 9.17) is 4.42 Å². The molecule has 8 nitrogen and oxygen atoms in total. The highest BCUT2D eigenvalue weighted by Crippen LogP contribution is 2.26. The first-order valence-electron chi connectivity index (χ1n) is 9.22. The van der Waals surface area contributed by atoms with Gasteiger partial charge in [-0.1, -0.05) is 12.1 Å².